The van der Waals surface area contributed by atoms with Crippen molar-refractivity contribution in [2.75, 3.05) is 0 Å². The van der Waals surface area contributed by atoms with Crippen molar-refractivity contribution >= 4 is 10.3 Å². The van der Waals surface area contributed by atoms with E-state index in [4.69, 9.17) is 0 Å². The van der Waals surface area contributed by atoms with Gasteiger partial charge in [0, 0.05) is 6.20 Å². The minimum atomic E-state index is -3.92. The minimum Gasteiger partial charge on any atom is -0.275 e. The Balaban J connectivity index is 2.75. The predicted octanol–water partition coefficient (Wildman–Crippen LogP) is -1.48. The molecule has 0 spiro atoms. The van der Waals surface area contributed by atoms with Gasteiger partial charge in [0.05, 0.1) is 6.20 Å². The van der Waals surface area contributed by atoms with E-state index in [0.717, 1.165) is 4.73 Å². The van der Waals surface area contributed by atoms with E-state index < -0.39 is 10.3 Å². The second-order valence-corrected chi connectivity index (χ2v) is 2.62. The number of rotatable bonds is 2. The largest absolute Gasteiger partial charge is 0.398 e. The maximum Gasteiger partial charge on any atom is 0.398 e. The second-order valence-electron chi connectivity index (χ2n) is 1.49. The molecule has 6 nitrogen and oxygen atoms in total. The summed E-state index contributed by atoms with van der Waals surface area (Å²) >= 11 is 0. The van der Waals surface area contributed by atoms with Crippen molar-refractivity contribution in [2.45, 2.75) is 0 Å². The molecule has 0 fully saturated rings. The van der Waals surface area contributed by atoms with Crippen molar-refractivity contribution in [3.8, 4) is 0 Å². The second kappa shape index (κ2) is 2.27. The first-order chi connectivity index (χ1) is 4.58. The molecule has 0 bridgehead atoms. The van der Waals surface area contributed by atoms with Crippen molar-refractivity contribution in [2.24, 2.45) is 5.14 Å². The van der Waals surface area contributed by atoms with Crippen LogP contribution in [0.25, 0.3) is 0 Å². The maximum atomic E-state index is 10.2. The number of imidazole rings is 1. The van der Waals surface area contributed by atoms with Crippen LogP contribution in [-0.2, 0) is 10.3 Å². The van der Waals surface area contributed by atoms with E-state index in [9.17, 15) is 8.42 Å². The molecule has 2 N–H and O–H groups in total. The first kappa shape index (κ1) is 7.03. The Bertz CT molecular complexity index is 289. The predicted molar refractivity (Wildman–Crippen MR) is 31.9 cm³/mol. The standard InChI is InChI=1S/C3H5N3O3S/c4-10(7,8)9-6-2-1-5-3-6/h1-3H,(H2,4,7,8). The molecule has 1 heterocycles. The van der Waals surface area contributed by atoms with Crippen molar-refractivity contribution in [1.29, 1.82) is 0 Å². The number of hydrogen-bond acceptors (Lipinski definition) is 4. The molecule has 1 rings (SSSR count). The fourth-order valence-corrected chi connectivity index (χ4v) is 0.739. The van der Waals surface area contributed by atoms with Crippen LogP contribution in [0, 0.1) is 0 Å². The highest BCUT2D eigenvalue weighted by Crippen LogP contribution is 1.81. The Morgan fingerprint density at radius 3 is 2.70 bits per heavy atom. The van der Waals surface area contributed by atoms with Gasteiger partial charge in [-0.25, -0.2) is 4.98 Å². The summed E-state index contributed by atoms with van der Waals surface area (Å²) in [5, 5.41) is 4.53. The molecule has 1 aromatic rings. The molecular weight excluding hydrogens is 158 g/mol. The zero-order chi connectivity index (χ0) is 7.61. The van der Waals surface area contributed by atoms with E-state index in [2.05, 4.69) is 14.4 Å². The van der Waals surface area contributed by atoms with E-state index in [1.54, 1.807) is 0 Å². The van der Waals surface area contributed by atoms with Gasteiger partial charge in [-0.2, -0.15) is 18.3 Å². The molecule has 0 aliphatic rings. The number of nitrogens with zero attached hydrogens (tertiary/aromatic N) is 2. The lowest BCUT2D eigenvalue weighted by Crippen LogP contribution is -2.25. The van der Waals surface area contributed by atoms with Crippen LogP contribution in [0.2, 0.25) is 0 Å². The monoisotopic (exact) mass is 163 g/mol. The maximum absolute atomic E-state index is 10.2. The average molecular weight is 163 g/mol. The molecule has 1 aromatic heterocycles. The quantitative estimate of drug-likeness (QED) is 0.575. The lowest BCUT2D eigenvalue weighted by molar-refractivity contribution is 0.279. The first-order valence-electron chi connectivity index (χ1n) is 2.28. The highest BCUT2D eigenvalue weighted by atomic mass is 32.2. The van der Waals surface area contributed by atoms with Gasteiger partial charge >= 0.3 is 10.3 Å². The van der Waals surface area contributed by atoms with Gasteiger partial charge in [-0.3, -0.25) is 4.28 Å². The van der Waals surface area contributed by atoms with Gasteiger partial charge < -0.3 is 0 Å². The van der Waals surface area contributed by atoms with E-state index >= 15 is 0 Å². The van der Waals surface area contributed by atoms with Crippen LogP contribution in [0.1, 0.15) is 0 Å². The van der Waals surface area contributed by atoms with E-state index in [1.807, 2.05) is 0 Å². The summed E-state index contributed by atoms with van der Waals surface area (Å²) < 4.78 is 25.4. The van der Waals surface area contributed by atoms with E-state index in [-0.39, 0.29) is 0 Å². The third-order valence-corrected chi connectivity index (χ3v) is 1.05. The molecule has 0 aliphatic carbocycles. The molecule has 0 saturated heterocycles. The van der Waals surface area contributed by atoms with Gasteiger partial charge in [-0.1, -0.05) is 0 Å². The van der Waals surface area contributed by atoms with Crippen molar-refractivity contribution < 1.29 is 12.7 Å². The van der Waals surface area contributed by atoms with Gasteiger partial charge in [0.25, 0.3) is 0 Å². The van der Waals surface area contributed by atoms with Crippen LogP contribution >= 0.6 is 0 Å². The van der Waals surface area contributed by atoms with Crippen LogP contribution in [-0.4, -0.2) is 18.1 Å². The lowest BCUT2D eigenvalue weighted by atomic mass is 11.0. The van der Waals surface area contributed by atoms with Gasteiger partial charge in [0.2, 0.25) is 0 Å². The lowest BCUT2D eigenvalue weighted by Gasteiger charge is -1.98. The summed E-state index contributed by atoms with van der Waals surface area (Å²) in [5.74, 6) is 0. The Labute approximate surface area is 57.4 Å². The highest BCUT2D eigenvalue weighted by Gasteiger charge is 2.01. The summed E-state index contributed by atoms with van der Waals surface area (Å²) in [6, 6.07) is 0. The molecule has 7 heteroatoms. The zero-order valence-electron chi connectivity index (χ0n) is 4.84. The van der Waals surface area contributed by atoms with Gasteiger partial charge in [-0.05, 0) is 0 Å². The van der Waals surface area contributed by atoms with Crippen LogP contribution in [0.3, 0.4) is 0 Å². The molecule has 10 heavy (non-hydrogen) atoms. The van der Waals surface area contributed by atoms with Crippen molar-refractivity contribution in [3.63, 3.8) is 0 Å². The van der Waals surface area contributed by atoms with E-state index in [0.29, 0.717) is 0 Å². The third-order valence-electron chi connectivity index (χ3n) is 0.670. The normalized spacial score (nSPS) is 11.3. The Morgan fingerprint density at radius 1 is 1.60 bits per heavy atom. The van der Waals surface area contributed by atoms with E-state index in [1.165, 1.54) is 18.7 Å². The molecule has 0 amide bonds. The zero-order valence-corrected chi connectivity index (χ0v) is 5.65. The van der Waals surface area contributed by atoms with Crippen molar-refractivity contribution in [1.82, 2.24) is 9.71 Å². The molecule has 0 aliphatic heterocycles. The molecule has 0 aromatic carbocycles. The fraction of sp³-hybridized carbons (Fsp3) is 0. The van der Waals surface area contributed by atoms with Crippen molar-refractivity contribution in [3.05, 3.63) is 18.7 Å². The summed E-state index contributed by atoms with van der Waals surface area (Å²) in [6.07, 6.45) is 3.85. The summed E-state index contributed by atoms with van der Waals surface area (Å²) in [6.45, 7) is 0. The summed E-state index contributed by atoms with van der Waals surface area (Å²) in [5.41, 5.74) is 0. The number of hydrogen-bond donors (Lipinski definition) is 1. The minimum absolute atomic E-state index is 0.884. The Hall–Kier alpha value is -1.08. The molecule has 0 atom stereocenters. The number of nitrogens with two attached hydrogens (primary N) is 1. The van der Waals surface area contributed by atoms with Crippen LogP contribution in [0.5, 0.6) is 0 Å². The number of aromatic nitrogens is 2. The molecular formula is C3H5N3O3S. The van der Waals surface area contributed by atoms with Gasteiger partial charge in [-0.15, -0.1) is 0 Å². The van der Waals surface area contributed by atoms with Crippen LogP contribution < -0.4 is 9.42 Å². The third kappa shape index (κ3) is 2.03. The molecule has 56 valence electrons. The van der Waals surface area contributed by atoms with Gasteiger partial charge in [0.15, 0.2) is 0 Å². The Kier molecular flexibility index (Phi) is 1.60. The molecule has 0 unspecified atom stereocenters. The highest BCUT2D eigenvalue weighted by molar-refractivity contribution is 7.84. The topological polar surface area (TPSA) is 87.2 Å². The van der Waals surface area contributed by atoms with Crippen LogP contribution in [0.4, 0.5) is 0 Å². The fourth-order valence-electron chi connectivity index (χ4n) is 0.411. The van der Waals surface area contributed by atoms with Crippen LogP contribution in [0.15, 0.2) is 18.7 Å². The smallest absolute Gasteiger partial charge is 0.275 e. The summed E-state index contributed by atoms with van der Waals surface area (Å²) in [7, 11) is -3.92. The summed E-state index contributed by atoms with van der Waals surface area (Å²) in [4.78, 5) is 3.52. The first-order valence-corrected chi connectivity index (χ1v) is 3.76. The molecule has 0 saturated carbocycles. The average Bonchev–Trinajstić information content (AvgIpc) is 2.12. The SMILES string of the molecule is NS(=O)(=O)On1ccnc1. The Morgan fingerprint density at radius 2 is 2.30 bits per heavy atom. The van der Waals surface area contributed by atoms with Gasteiger partial charge in [0.1, 0.15) is 6.33 Å². The molecule has 0 radical (unpaired) electrons.